The van der Waals surface area contributed by atoms with Gasteiger partial charge in [-0.2, -0.15) is 5.26 Å². The van der Waals surface area contributed by atoms with Crippen LogP contribution < -0.4 is 5.73 Å². The summed E-state index contributed by atoms with van der Waals surface area (Å²) in [7, 11) is 0. The number of hydrogen-bond acceptors (Lipinski definition) is 4. The van der Waals surface area contributed by atoms with Gasteiger partial charge in [-0.3, -0.25) is 0 Å². The van der Waals surface area contributed by atoms with Crippen LogP contribution in [0.25, 0.3) is 11.4 Å². The Balaban J connectivity index is 2.67. The maximum atomic E-state index is 8.91. The molecule has 18 heavy (non-hydrogen) atoms. The first kappa shape index (κ1) is 12.1. The monoisotopic (exact) mass is 238 g/mol. The lowest BCUT2D eigenvalue weighted by Crippen LogP contribution is -2.00. The highest BCUT2D eigenvalue weighted by Gasteiger charge is 2.10. The lowest BCUT2D eigenvalue weighted by atomic mass is 9.98. The quantitative estimate of drug-likeness (QED) is 0.828. The number of anilines is 1. The van der Waals surface area contributed by atoms with E-state index in [-0.39, 0.29) is 5.69 Å². The summed E-state index contributed by atoms with van der Waals surface area (Å²) in [6, 6.07) is 7.45. The average Bonchev–Trinajstić information content (AvgIpc) is 2.35. The number of nitrogens with two attached hydrogens (primary N) is 1. The Bertz CT molecular complexity index is 654. The molecule has 0 atom stereocenters. The molecule has 2 aromatic rings. The first-order valence-corrected chi connectivity index (χ1v) is 5.64. The minimum atomic E-state index is 0.287. The van der Waals surface area contributed by atoms with E-state index in [9.17, 15) is 0 Å². The Morgan fingerprint density at radius 1 is 1.11 bits per heavy atom. The summed E-state index contributed by atoms with van der Waals surface area (Å²) < 4.78 is 0. The Labute approximate surface area is 106 Å². The van der Waals surface area contributed by atoms with Gasteiger partial charge in [0.05, 0.1) is 0 Å². The molecular weight excluding hydrogens is 224 g/mol. The molecule has 0 radical (unpaired) electrons. The van der Waals surface area contributed by atoms with Gasteiger partial charge in [0.1, 0.15) is 17.6 Å². The molecule has 4 nitrogen and oxygen atoms in total. The molecule has 1 aromatic heterocycles. The summed E-state index contributed by atoms with van der Waals surface area (Å²) >= 11 is 0. The fraction of sp³-hybridized carbons (Fsp3) is 0.214. The first-order valence-electron chi connectivity index (χ1n) is 5.64. The number of nitrogens with zero attached hydrogens (tertiary/aromatic N) is 3. The van der Waals surface area contributed by atoms with E-state index in [0.717, 1.165) is 11.1 Å². The van der Waals surface area contributed by atoms with Crippen molar-refractivity contribution >= 4 is 5.82 Å². The van der Waals surface area contributed by atoms with Crippen LogP contribution >= 0.6 is 0 Å². The summed E-state index contributed by atoms with van der Waals surface area (Å²) in [5.41, 5.74) is 10.4. The van der Waals surface area contributed by atoms with Crippen molar-refractivity contribution in [1.82, 2.24) is 9.97 Å². The van der Waals surface area contributed by atoms with Crippen LogP contribution in [0.2, 0.25) is 0 Å². The number of rotatable bonds is 1. The standard InChI is InChI=1S/C14H14N4/c1-8-4-5-12(10(3)9(8)2)14-17-11(7-15)6-13(16)18-14/h4-6H,1-3H3,(H2,16,17,18). The SMILES string of the molecule is Cc1ccc(-c2nc(N)cc(C#N)n2)c(C)c1C. The van der Waals surface area contributed by atoms with Crippen molar-refractivity contribution in [3.05, 3.63) is 40.6 Å². The lowest BCUT2D eigenvalue weighted by Gasteiger charge is -2.10. The van der Waals surface area contributed by atoms with Crippen molar-refractivity contribution in [2.75, 3.05) is 5.73 Å². The molecule has 90 valence electrons. The third kappa shape index (κ3) is 2.03. The van der Waals surface area contributed by atoms with Gasteiger partial charge < -0.3 is 5.73 Å². The molecule has 1 heterocycles. The van der Waals surface area contributed by atoms with Gasteiger partial charge >= 0.3 is 0 Å². The fourth-order valence-electron chi connectivity index (χ4n) is 1.84. The number of aryl methyl sites for hydroxylation is 1. The second kappa shape index (κ2) is 4.46. The van der Waals surface area contributed by atoms with Crippen molar-refractivity contribution in [1.29, 1.82) is 5.26 Å². The molecule has 0 aliphatic rings. The Morgan fingerprint density at radius 2 is 1.83 bits per heavy atom. The van der Waals surface area contributed by atoms with E-state index in [1.54, 1.807) is 0 Å². The van der Waals surface area contributed by atoms with E-state index < -0.39 is 0 Å². The molecule has 0 fully saturated rings. The number of nitrogen functional groups attached to an aromatic ring is 1. The van der Waals surface area contributed by atoms with E-state index in [0.29, 0.717) is 11.6 Å². The van der Waals surface area contributed by atoms with Gasteiger partial charge in [0.2, 0.25) is 0 Å². The summed E-state index contributed by atoms with van der Waals surface area (Å²) in [6.45, 7) is 6.15. The maximum absolute atomic E-state index is 8.91. The van der Waals surface area contributed by atoms with Gasteiger partial charge in [-0.05, 0) is 37.5 Å². The molecule has 0 saturated carbocycles. The van der Waals surface area contributed by atoms with Gasteiger partial charge in [0.25, 0.3) is 0 Å². The smallest absolute Gasteiger partial charge is 0.163 e. The molecule has 0 aliphatic carbocycles. The highest BCUT2D eigenvalue weighted by atomic mass is 14.9. The van der Waals surface area contributed by atoms with Crippen LogP contribution in [-0.2, 0) is 0 Å². The summed E-state index contributed by atoms with van der Waals surface area (Å²) in [5, 5.41) is 8.91. The van der Waals surface area contributed by atoms with Crippen LogP contribution in [0, 0.1) is 32.1 Å². The van der Waals surface area contributed by atoms with Crippen molar-refractivity contribution < 1.29 is 0 Å². The number of benzene rings is 1. The zero-order valence-corrected chi connectivity index (χ0v) is 10.7. The highest BCUT2D eigenvalue weighted by Crippen LogP contribution is 2.25. The first-order chi connectivity index (χ1) is 8.52. The number of nitriles is 1. The van der Waals surface area contributed by atoms with Gasteiger partial charge in [0.15, 0.2) is 5.82 Å². The molecule has 0 aliphatic heterocycles. The Morgan fingerprint density at radius 3 is 2.50 bits per heavy atom. The van der Waals surface area contributed by atoms with Crippen molar-refractivity contribution in [2.45, 2.75) is 20.8 Å². The van der Waals surface area contributed by atoms with Gasteiger partial charge in [0, 0.05) is 11.6 Å². The van der Waals surface area contributed by atoms with Gasteiger partial charge in [-0.15, -0.1) is 0 Å². The fourth-order valence-corrected chi connectivity index (χ4v) is 1.84. The van der Waals surface area contributed by atoms with E-state index in [1.165, 1.54) is 17.2 Å². The molecule has 0 spiro atoms. The third-order valence-electron chi connectivity index (χ3n) is 3.16. The minimum absolute atomic E-state index is 0.287. The third-order valence-corrected chi connectivity index (χ3v) is 3.16. The van der Waals surface area contributed by atoms with Crippen LogP contribution in [-0.4, -0.2) is 9.97 Å². The van der Waals surface area contributed by atoms with Gasteiger partial charge in [-0.25, -0.2) is 9.97 Å². The van der Waals surface area contributed by atoms with Crippen LogP contribution in [0.3, 0.4) is 0 Å². The lowest BCUT2D eigenvalue weighted by molar-refractivity contribution is 1.14. The molecule has 2 rings (SSSR count). The topological polar surface area (TPSA) is 75.6 Å². The van der Waals surface area contributed by atoms with Crippen LogP contribution in [0.5, 0.6) is 0 Å². The molecule has 0 amide bonds. The number of aromatic nitrogens is 2. The normalized spacial score (nSPS) is 10.1. The van der Waals surface area contributed by atoms with E-state index in [1.807, 2.05) is 25.1 Å². The molecule has 0 saturated heterocycles. The van der Waals surface area contributed by atoms with Crippen LogP contribution in [0.4, 0.5) is 5.82 Å². The van der Waals surface area contributed by atoms with Crippen LogP contribution in [0.1, 0.15) is 22.4 Å². The van der Waals surface area contributed by atoms with Crippen molar-refractivity contribution in [2.24, 2.45) is 0 Å². The Hall–Kier alpha value is -2.41. The van der Waals surface area contributed by atoms with Crippen LogP contribution in [0.15, 0.2) is 18.2 Å². The van der Waals surface area contributed by atoms with E-state index in [4.69, 9.17) is 11.0 Å². The van der Waals surface area contributed by atoms with Gasteiger partial charge in [-0.1, -0.05) is 12.1 Å². The van der Waals surface area contributed by atoms with E-state index in [2.05, 4.69) is 23.8 Å². The largest absolute Gasteiger partial charge is 0.384 e. The van der Waals surface area contributed by atoms with E-state index >= 15 is 0 Å². The van der Waals surface area contributed by atoms with Crippen molar-refractivity contribution in [3.63, 3.8) is 0 Å². The predicted octanol–water partition coefficient (Wildman–Crippen LogP) is 2.52. The Kier molecular flexibility index (Phi) is 2.99. The summed E-state index contributed by atoms with van der Waals surface area (Å²) in [5.74, 6) is 0.821. The molecule has 1 aromatic carbocycles. The molecule has 0 unspecified atom stereocenters. The zero-order valence-electron chi connectivity index (χ0n) is 10.7. The number of hydrogen-bond donors (Lipinski definition) is 1. The molecule has 2 N–H and O–H groups in total. The molecule has 4 heteroatoms. The molecular formula is C14H14N4. The minimum Gasteiger partial charge on any atom is -0.384 e. The second-order valence-electron chi connectivity index (χ2n) is 4.29. The maximum Gasteiger partial charge on any atom is 0.163 e. The average molecular weight is 238 g/mol. The second-order valence-corrected chi connectivity index (χ2v) is 4.29. The molecule has 0 bridgehead atoms. The highest BCUT2D eigenvalue weighted by molar-refractivity contribution is 5.64. The zero-order chi connectivity index (χ0) is 13.3. The summed E-state index contributed by atoms with van der Waals surface area (Å²) in [4.78, 5) is 8.40. The van der Waals surface area contributed by atoms with Crippen molar-refractivity contribution in [3.8, 4) is 17.5 Å². The summed E-state index contributed by atoms with van der Waals surface area (Å²) in [6.07, 6.45) is 0. The predicted molar refractivity (Wildman–Crippen MR) is 70.8 cm³/mol.